The van der Waals surface area contributed by atoms with Gasteiger partial charge in [-0.1, -0.05) is 35.5 Å². The van der Waals surface area contributed by atoms with E-state index in [2.05, 4.69) is 14.3 Å². The van der Waals surface area contributed by atoms with E-state index in [9.17, 15) is 8.42 Å². The minimum absolute atomic E-state index is 0.113. The SMILES string of the molecule is CS(=O)(=O)OCCCc1nc(-c2ccccc2)no1. The van der Waals surface area contributed by atoms with E-state index in [1.807, 2.05) is 30.3 Å². The Kier molecular flexibility index (Phi) is 4.28. The van der Waals surface area contributed by atoms with Crippen molar-refractivity contribution in [3.63, 3.8) is 0 Å². The first-order chi connectivity index (χ1) is 9.04. The fraction of sp³-hybridized carbons (Fsp3) is 0.333. The lowest BCUT2D eigenvalue weighted by Crippen LogP contribution is -2.04. The Hall–Kier alpha value is -1.73. The Morgan fingerprint density at radius 1 is 1.26 bits per heavy atom. The standard InChI is InChI=1S/C12H14N2O4S/c1-19(15,16)17-9-5-8-11-13-12(14-18-11)10-6-3-2-4-7-10/h2-4,6-7H,5,8-9H2,1H3. The van der Waals surface area contributed by atoms with Crippen molar-refractivity contribution in [1.82, 2.24) is 10.1 Å². The molecule has 0 saturated heterocycles. The zero-order chi connectivity index (χ0) is 13.7. The molecule has 0 bridgehead atoms. The van der Waals surface area contributed by atoms with Gasteiger partial charge in [-0.05, 0) is 6.42 Å². The number of nitrogens with zero attached hydrogens (tertiary/aromatic N) is 2. The lowest BCUT2D eigenvalue weighted by molar-refractivity contribution is 0.303. The molecule has 0 spiro atoms. The van der Waals surface area contributed by atoms with Gasteiger partial charge in [-0.3, -0.25) is 4.18 Å². The molecule has 2 aromatic rings. The molecule has 0 unspecified atom stereocenters. The first-order valence-corrected chi connectivity index (χ1v) is 7.59. The number of rotatable bonds is 6. The molecule has 0 aliphatic rings. The summed E-state index contributed by atoms with van der Waals surface area (Å²) in [6.45, 7) is 0.113. The summed E-state index contributed by atoms with van der Waals surface area (Å²) in [7, 11) is -3.38. The molecule has 0 aliphatic carbocycles. The van der Waals surface area contributed by atoms with Gasteiger partial charge in [-0.2, -0.15) is 13.4 Å². The molecule has 1 aromatic heterocycles. The van der Waals surface area contributed by atoms with Crippen molar-refractivity contribution < 1.29 is 17.1 Å². The maximum atomic E-state index is 10.8. The highest BCUT2D eigenvalue weighted by Crippen LogP contribution is 2.15. The van der Waals surface area contributed by atoms with Crippen LogP contribution in [0.1, 0.15) is 12.3 Å². The molecule has 7 heteroatoms. The Morgan fingerprint density at radius 2 is 2.00 bits per heavy atom. The van der Waals surface area contributed by atoms with Crippen LogP contribution in [0.3, 0.4) is 0 Å². The van der Waals surface area contributed by atoms with Crippen molar-refractivity contribution in [2.75, 3.05) is 12.9 Å². The van der Waals surface area contributed by atoms with Gasteiger partial charge in [0.05, 0.1) is 12.9 Å². The fourth-order valence-corrected chi connectivity index (χ4v) is 1.92. The average Bonchev–Trinajstić information content (AvgIpc) is 2.83. The first kappa shape index (κ1) is 13.7. The van der Waals surface area contributed by atoms with Crippen LogP contribution in [0.2, 0.25) is 0 Å². The van der Waals surface area contributed by atoms with Crippen LogP contribution in [0, 0.1) is 0 Å². The van der Waals surface area contributed by atoms with Gasteiger partial charge in [0.15, 0.2) is 0 Å². The lowest BCUT2D eigenvalue weighted by Gasteiger charge is -1.98. The molecule has 1 heterocycles. The Morgan fingerprint density at radius 3 is 2.68 bits per heavy atom. The molecule has 0 fully saturated rings. The van der Waals surface area contributed by atoms with E-state index in [0.717, 1.165) is 11.8 Å². The molecular weight excluding hydrogens is 268 g/mol. The monoisotopic (exact) mass is 282 g/mol. The van der Waals surface area contributed by atoms with E-state index in [4.69, 9.17) is 4.52 Å². The maximum Gasteiger partial charge on any atom is 0.264 e. The molecule has 0 atom stereocenters. The molecule has 0 radical (unpaired) electrons. The number of aromatic nitrogens is 2. The summed E-state index contributed by atoms with van der Waals surface area (Å²) in [4.78, 5) is 4.23. The average molecular weight is 282 g/mol. The summed E-state index contributed by atoms with van der Waals surface area (Å²) in [5, 5.41) is 3.87. The Bertz CT molecular complexity index is 622. The summed E-state index contributed by atoms with van der Waals surface area (Å²) in [5.41, 5.74) is 0.880. The van der Waals surface area contributed by atoms with Gasteiger partial charge >= 0.3 is 0 Å². The van der Waals surface area contributed by atoms with Crippen LogP contribution in [0.4, 0.5) is 0 Å². The molecule has 0 saturated carbocycles. The lowest BCUT2D eigenvalue weighted by atomic mass is 10.2. The van der Waals surface area contributed by atoms with Crippen molar-refractivity contribution in [1.29, 1.82) is 0 Å². The van der Waals surface area contributed by atoms with Crippen LogP contribution < -0.4 is 0 Å². The van der Waals surface area contributed by atoms with Gasteiger partial charge in [-0.15, -0.1) is 0 Å². The van der Waals surface area contributed by atoms with Crippen LogP contribution >= 0.6 is 0 Å². The highest BCUT2D eigenvalue weighted by atomic mass is 32.2. The van der Waals surface area contributed by atoms with E-state index in [0.29, 0.717) is 24.6 Å². The van der Waals surface area contributed by atoms with E-state index in [-0.39, 0.29) is 6.61 Å². The molecule has 6 nitrogen and oxygen atoms in total. The van der Waals surface area contributed by atoms with Crippen LogP contribution in [-0.4, -0.2) is 31.4 Å². The largest absolute Gasteiger partial charge is 0.339 e. The molecule has 0 aliphatic heterocycles. The van der Waals surface area contributed by atoms with Crippen molar-refractivity contribution in [2.45, 2.75) is 12.8 Å². The summed E-state index contributed by atoms with van der Waals surface area (Å²) >= 11 is 0. The topological polar surface area (TPSA) is 82.3 Å². The second-order valence-electron chi connectivity index (χ2n) is 4.01. The Labute approximate surface area is 111 Å². The molecule has 2 rings (SSSR count). The molecule has 0 amide bonds. The minimum atomic E-state index is -3.38. The third-order valence-corrected chi connectivity index (χ3v) is 2.93. The van der Waals surface area contributed by atoms with Crippen molar-refractivity contribution in [3.8, 4) is 11.4 Å². The van der Waals surface area contributed by atoms with E-state index in [1.54, 1.807) is 0 Å². The highest BCUT2D eigenvalue weighted by molar-refractivity contribution is 7.85. The summed E-state index contributed by atoms with van der Waals surface area (Å²) in [5.74, 6) is 0.996. The Balaban J connectivity index is 1.88. The van der Waals surface area contributed by atoms with E-state index in [1.165, 1.54) is 0 Å². The van der Waals surface area contributed by atoms with Crippen molar-refractivity contribution >= 4 is 10.1 Å². The number of hydrogen-bond donors (Lipinski definition) is 0. The normalized spacial score (nSPS) is 11.6. The molecule has 0 N–H and O–H groups in total. The predicted octanol–water partition coefficient (Wildman–Crippen LogP) is 1.65. The molecule has 102 valence electrons. The second kappa shape index (κ2) is 5.94. The third-order valence-electron chi connectivity index (χ3n) is 2.33. The molecule has 19 heavy (non-hydrogen) atoms. The zero-order valence-electron chi connectivity index (χ0n) is 10.4. The van der Waals surface area contributed by atoms with Gasteiger partial charge < -0.3 is 4.52 Å². The molecular formula is C12H14N2O4S. The quantitative estimate of drug-likeness (QED) is 0.591. The number of aryl methyl sites for hydroxylation is 1. The van der Waals surface area contributed by atoms with Gasteiger partial charge in [0.1, 0.15) is 0 Å². The van der Waals surface area contributed by atoms with Crippen LogP contribution in [0.15, 0.2) is 34.9 Å². The van der Waals surface area contributed by atoms with Crippen molar-refractivity contribution in [2.24, 2.45) is 0 Å². The second-order valence-corrected chi connectivity index (χ2v) is 5.65. The van der Waals surface area contributed by atoms with Gasteiger partial charge in [0, 0.05) is 12.0 Å². The van der Waals surface area contributed by atoms with Gasteiger partial charge in [-0.25, -0.2) is 0 Å². The number of benzene rings is 1. The minimum Gasteiger partial charge on any atom is -0.339 e. The maximum absolute atomic E-state index is 10.8. The van der Waals surface area contributed by atoms with Gasteiger partial charge in [0.2, 0.25) is 11.7 Å². The summed E-state index contributed by atoms with van der Waals surface area (Å²) < 4.78 is 31.2. The highest BCUT2D eigenvalue weighted by Gasteiger charge is 2.08. The smallest absolute Gasteiger partial charge is 0.264 e. The van der Waals surface area contributed by atoms with Crippen LogP contribution in [0.25, 0.3) is 11.4 Å². The fourth-order valence-electron chi connectivity index (χ4n) is 1.49. The van der Waals surface area contributed by atoms with E-state index >= 15 is 0 Å². The van der Waals surface area contributed by atoms with Crippen molar-refractivity contribution in [3.05, 3.63) is 36.2 Å². The summed E-state index contributed by atoms with van der Waals surface area (Å²) in [6.07, 6.45) is 2.01. The first-order valence-electron chi connectivity index (χ1n) is 5.77. The third kappa shape index (κ3) is 4.46. The number of hydrogen-bond acceptors (Lipinski definition) is 6. The summed E-state index contributed by atoms with van der Waals surface area (Å²) in [6, 6.07) is 9.48. The van der Waals surface area contributed by atoms with Crippen LogP contribution in [-0.2, 0) is 20.7 Å². The van der Waals surface area contributed by atoms with E-state index < -0.39 is 10.1 Å². The zero-order valence-corrected chi connectivity index (χ0v) is 11.3. The predicted molar refractivity (Wildman–Crippen MR) is 68.9 cm³/mol. The van der Waals surface area contributed by atoms with Crippen LogP contribution in [0.5, 0.6) is 0 Å². The molecule has 1 aromatic carbocycles. The van der Waals surface area contributed by atoms with Gasteiger partial charge in [0.25, 0.3) is 10.1 Å².